The second-order valence-electron chi connectivity index (χ2n) is 8.01. The van der Waals surface area contributed by atoms with Crippen LogP contribution in [0.2, 0.25) is 0 Å². The molecule has 5 heteroatoms. The number of likely N-dealkylation sites (tertiary alicyclic amines) is 1. The lowest BCUT2D eigenvalue weighted by atomic mass is 10.0. The average molecular weight is 422 g/mol. The predicted molar refractivity (Wildman–Crippen MR) is 126 cm³/mol. The van der Waals surface area contributed by atoms with Crippen LogP contribution in [0.3, 0.4) is 0 Å². The van der Waals surface area contributed by atoms with Gasteiger partial charge in [0.1, 0.15) is 0 Å². The summed E-state index contributed by atoms with van der Waals surface area (Å²) in [5.41, 5.74) is 4.79. The average Bonchev–Trinajstić information content (AvgIpc) is 3.23. The van der Waals surface area contributed by atoms with E-state index in [2.05, 4.69) is 5.32 Å². The summed E-state index contributed by atoms with van der Waals surface area (Å²) in [4.78, 5) is 31.9. The normalized spacial score (nSPS) is 13.5. The maximum absolute atomic E-state index is 13.3. The fraction of sp³-hybridized carbons (Fsp3) is 0.148. The second kappa shape index (κ2) is 8.63. The Bertz CT molecular complexity index is 1300. The molecule has 0 aliphatic carbocycles. The van der Waals surface area contributed by atoms with Crippen LogP contribution in [0.5, 0.6) is 0 Å². The van der Waals surface area contributed by atoms with E-state index >= 15 is 0 Å². The summed E-state index contributed by atoms with van der Waals surface area (Å²) in [6.45, 7) is 1.36. The van der Waals surface area contributed by atoms with Gasteiger partial charge in [-0.1, -0.05) is 60.7 Å². The highest BCUT2D eigenvalue weighted by Gasteiger charge is 2.20. The number of nitrogens with zero attached hydrogens (tertiary/aromatic N) is 2. The van der Waals surface area contributed by atoms with Crippen LogP contribution in [0.25, 0.3) is 22.2 Å². The van der Waals surface area contributed by atoms with Crippen LogP contribution in [0, 0.1) is 0 Å². The Kier molecular flexibility index (Phi) is 5.38. The van der Waals surface area contributed by atoms with Gasteiger partial charge in [0, 0.05) is 36.1 Å². The summed E-state index contributed by atoms with van der Waals surface area (Å²) < 4.78 is 0. The van der Waals surface area contributed by atoms with Gasteiger partial charge in [-0.15, -0.1) is 0 Å². The van der Waals surface area contributed by atoms with E-state index in [1.54, 1.807) is 0 Å². The highest BCUT2D eigenvalue weighted by atomic mass is 16.2. The quantitative estimate of drug-likeness (QED) is 0.477. The lowest BCUT2D eigenvalue weighted by molar-refractivity contribution is -0.128. The molecule has 1 aromatic heterocycles. The molecule has 0 unspecified atom stereocenters. The van der Waals surface area contributed by atoms with Crippen LogP contribution in [0.15, 0.2) is 84.9 Å². The molecule has 2 heterocycles. The molecule has 3 aromatic carbocycles. The Morgan fingerprint density at radius 1 is 0.938 bits per heavy atom. The molecule has 0 saturated carbocycles. The number of benzene rings is 3. The zero-order chi connectivity index (χ0) is 21.9. The van der Waals surface area contributed by atoms with Crippen molar-refractivity contribution in [1.29, 1.82) is 0 Å². The molecule has 0 bridgehead atoms. The third kappa shape index (κ3) is 4.10. The smallest absolute Gasteiger partial charge is 0.256 e. The van der Waals surface area contributed by atoms with Crippen molar-refractivity contribution in [1.82, 2.24) is 9.88 Å². The van der Waals surface area contributed by atoms with Crippen molar-refractivity contribution < 1.29 is 9.59 Å². The monoisotopic (exact) mass is 421 g/mol. The van der Waals surface area contributed by atoms with Gasteiger partial charge in [0.15, 0.2) is 0 Å². The molecule has 158 valence electrons. The summed E-state index contributed by atoms with van der Waals surface area (Å²) in [7, 11) is 0. The zero-order valence-corrected chi connectivity index (χ0v) is 17.6. The third-order valence-electron chi connectivity index (χ3n) is 5.76. The zero-order valence-electron chi connectivity index (χ0n) is 17.6. The van der Waals surface area contributed by atoms with Gasteiger partial charge in [0.05, 0.1) is 16.8 Å². The van der Waals surface area contributed by atoms with Crippen LogP contribution in [0.1, 0.15) is 28.8 Å². The molecule has 2 amide bonds. The molecule has 0 spiro atoms. The second-order valence-corrected chi connectivity index (χ2v) is 8.01. The Balaban J connectivity index is 1.45. The van der Waals surface area contributed by atoms with Crippen molar-refractivity contribution in [3.8, 4) is 11.3 Å². The van der Waals surface area contributed by atoms with E-state index in [4.69, 9.17) is 4.98 Å². The molecular formula is C27H23N3O2. The van der Waals surface area contributed by atoms with Crippen LogP contribution < -0.4 is 5.32 Å². The first-order chi connectivity index (χ1) is 15.7. The molecule has 4 aromatic rings. The van der Waals surface area contributed by atoms with Gasteiger partial charge < -0.3 is 10.2 Å². The van der Waals surface area contributed by atoms with Crippen LogP contribution >= 0.6 is 0 Å². The van der Waals surface area contributed by atoms with Crippen molar-refractivity contribution in [2.45, 2.75) is 19.4 Å². The summed E-state index contributed by atoms with van der Waals surface area (Å²) in [6.07, 6.45) is 1.53. The first-order valence-corrected chi connectivity index (χ1v) is 10.8. The van der Waals surface area contributed by atoms with Gasteiger partial charge in [-0.25, -0.2) is 4.98 Å². The SMILES string of the molecule is O=C(Nc1cccc(CN2CCCC2=O)c1)c1cc(-c2ccccc2)nc2ccccc12. The van der Waals surface area contributed by atoms with Crippen LogP contribution in [-0.4, -0.2) is 28.2 Å². The van der Waals surface area contributed by atoms with Gasteiger partial charge in [-0.3, -0.25) is 9.59 Å². The van der Waals surface area contributed by atoms with E-state index in [-0.39, 0.29) is 11.8 Å². The maximum atomic E-state index is 13.3. The van der Waals surface area contributed by atoms with Crippen molar-refractivity contribution in [3.63, 3.8) is 0 Å². The minimum atomic E-state index is -0.185. The van der Waals surface area contributed by atoms with Gasteiger partial charge in [-0.05, 0) is 36.2 Å². The molecule has 1 N–H and O–H groups in total. The predicted octanol–water partition coefficient (Wildman–Crippen LogP) is 5.28. The number of nitrogens with one attached hydrogen (secondary N) is 1. The fourth-order valence-electron chi connectivity index (χ4n) is 4.16. The summed E-state index contributed by atoms with van der Waals surface area (Å²) in [6, 6.07) is 27.1. The largest absolute Gasteiger partial charge is 0.338 e. The van der Waals surface area contributed by atoms with Crippen molar-refractivity contribution in [2.24, 2.45) is 0 Å². The number of carbonyl (C=O) groups is 2. The number of hydrogen-bond donors (Lipinski definition) is 1. The number of amides is 2. The van der Waals surface area contributed by atoms with Gasteiger partial charge in [-0.2, -0.15) is 0 Å². The van der Waals surface area contributed by atoms with E-state index in [1.807, 2.05) is 89.8 Å². The molecule has 0 atom stereocenters. The number of fused-ring (bicyclic) bond motifs is 1. The molecule has 1 aliphatic rings. The standard InChI is InChI=1S/C27H23N3O2/c31-26-14-7-15-30(26)18-19-8-6-11-21(16-19)28-27(32)23-17-25(20-9-2-1-3-10-20)29-24-13-5-4-12-22(23)24/h1-6,8-13,16-17H,7,14-15,18H2,(H,28,32). The minimum Gasteiger partial charge on any atom is -0.338 e. The van der Waals surface area contributed by atoms with Crippen LogP contribution in [0.4, 0.5) is 5.69 Å². The summed E-state index contributed by atoms with van der Waals surface area (Å²) in [5.74, 6) is 0.00585. The fourth-order valence-corrected chi connectivity index (χ4v) is 4.16. The number of rotatable bonds is 5. The number of anilines is 1. The summed E-state index contributed by atoms with van der Waals surface area (Å²) >= 11 is 0. The number of para-hydroxylation sites is 1. The van der Waals surface area contributed by atoms with E-state index in [0.717, 1.165) is 40.7 Å². The Morgan fingerprint density at radius 2 is 1.75 bits per heavy atom. The van der Waals surface area contributed by atoms with Crippen LogP contribution in [-0.2, 0) is 11.3 Å². The number of carbonyl (C=O) groups excluding carboxylic acids is 2. The van der Waals surface area contributed by atoms with Crippen molar-refractivity contribution in [2.75, 3.05) is 11.9 Å². The third-order valence-corrected chi connectivity index (χ3v) is 5.76. The summed E-state index contributed by atoms with van der Waals surface area (Å²) in [5, 5.41) is 3.84. The Hall–Kier alpha value is -3.99. The molecule has 32 heavy (non-hydrogen) atoms. The lowest BCUT2D eigenvalue weighted by Crippen LogP contribution is -2.23. The Morgan fingerprint density at radius 3 is 2.56 bits per heavy atom. The number of hydrogen-bond acceptors (Lipinski definition) is 3. The molecule has 5 rings (SSSR count). The molecule has 1 fully saturated rings. The van der Waals surface area contributed by atoms with E-state index in [1.165, 1.54) is 0 Å². The molecule has 1 aliphatic heterocycles. The molecule has 0 radical (unpaired) electrons. The molecule has 5 nitrogen and oxygen atoms in total. The Labute approximate surface area is 186 Å². The van der Waals surface area contributed by atoms with Crippen molar-refractivity contribution >= 4 is 28.4 Å². The first-order valence-electron chi connectivity index (χ1n) is 10.8. The maximum Gasteiger partial charge on any atom is 0.256 e. The van der Waals surface area contributed by atoms with Crippen molar-refractivity contribution in [3.05, 3.63) is 96.1 Å². The molecular weight excluding hydrogens is 398 g/mol. The minimum absolute atomic E-state index is 0.185. The van der Waals surface area contributed by atoms with Gasteiger partial charge in [0.25, 0.3) is 5.91 Å². The van der Waals surface area contributed by atoms with E-state index in [0.29, 0.717) is 24.2 Å². The lowest BCUT2D eigenvalue weighted by Gasteiger charge is -2.16. The van der Waals surface area contributed by atoms with Gasteiger partial charge >= 0.3 is 0 Å². The van der Waals surface area contributed by atoms with E-state index in [9.17, 15) is 9.59 Å². The first kappa shape index (κ1) is 19.9. The number of aromatic nitrogens is 1. The highest BCUT2D eigenvalue weighted by molar-refractivity contribution is 6.13. The van der Waals surface area contributed by atoms with Gasteiger partial charge in [0.2, 0.25) is 5.91 Å². The highest BCUT2D eigenvalue weighted by Crippen LogP contribution is 2.26. The molecule has 1 saturated heterocycles. The number of pyridine rings is 1. The van der Waals surface area contributed by atoms with E-state index < -0.39 is 0 Å². The topological polar surface area (TPSA) is 62.3 Å².